The van der Waals surface area contributed by atoms with Crippen LogP contribution in [0.3, 0.4) is 0 Å². The zero-order valence-corrected chi connectivity index (χ0v) is 16.8. The van der Waals surface area contributed by atoms with Crippen LogP contribution < -0.4 is 0 Å². The third-order valence-corrected chi connectivity index (χ3v) is 6.10. The van der Waals surface area contributed by atoms with Crippen molar-refractivity contribution in [3.05, 3.63) is 42.0 Å². The van der Waals surface area contributed by atoms with Crippen LogP contribution in [0.5, 0.6) is 0 Å². The van der Waals surface area contributed by atoms with E-state index in [1.165, 1.54) is 16.4 Å². The predicted molar refractivity (Wildman–Crippen MR) is 102 cm³/mol. The minimum absolute atomic E-state index is 0.131. The highest BCUT2D eigenvalue weighted by Gasteiger charge is 2.32. The Bertz CT molecular complexity index is 748. The van der Waals surface area contributed by atoms with Gasteiger partial charge in [-0.1, -0.05) is 12.2 Å². The van der Waals surface area contributed by atoms with Crippen molar-refractivity contribution in [1.82, 2.24) is 9.21 Å². The van der Waals surface area contributed by atoms with Gasteiger partial charge in [0.05, 0.1) is 17.1 Å². The Morgan fingerprint density at radius 2 is 1.77 bits per heavy atom. The van der Waals surface area contributed by atoms with Gasteiger partial charge in [-0.15, -0.1) is 0 Å². The molecule has 6 nitrogen and oxygen atoms in total. The van der Waals surface area contributed by atoms with Crippen LogP contribution >= 0.6 is 0 Å². The van der Waals surface area contributed by atoms with Crippen LogP contribution in [0.1, 0.15) is 38.1 Å². The number of amides is 1. The monoisotopic (exact) mass is 380 g/mol. The number of ether oxygens (including phenoxy) is 1. The van der Waals surface area contributed by atoms with Gasteiger partial charge in [-0.2, -0.15) is 4.31 Å². The van der Waals surface area contributed by atoms with Gasteiger partial charge in [0, 0.05) is 31.7 Å². The van der Waals surface area contributed by atoms with E-state index in [1.54, 1.807) is 17.0 Å². The molecule has 0 aromatic heterocycles. The van der Waals surface area contributed by atoms with Crippen molar-refractivity contribution in [3.8, 4) is 0 Å². The quantitative estimate of drug-likeness (QED) is 0.711. The maximum atomic E-state index is 12.9. The summed E-state index contributed by atoms with van der Waals surface area (Å²) < 4.78 is 32.8. The summed E-state index contributed by atoms with van der Waals surface area (Å²) >= 11 is 0. The van der Waals surface area contributed by atoms with E-state index in [4.69, 9.17) is 4.74 Å². The summed E-state index contributed by atoms with van der Waals surface area (Å²) in [6, 6.07) is 6.15. The van der Waals surface area contributed by atoms with Gasteiger partial charge in [0.1, 0.15) is 0 Å². The number of carbonyl (C=O) groups is 1. The lowest BCUT2D eigenvalue weighted by Crippen LogP contribution is -2.48. The predicted octanol–water partition coefficient (Wildman–Crippen LogP) is 2.52. The lowest BCUT2D eigenvalue weighted by molar-refractivity contribution is -0.0440. The fourth-order valence-corrected chi connectivity index (χ4v) is 4.67. The van der Waals surface area contributed by atoms with Gasteiger partial charge in [0.2, 0.25) is 10.0 Å². The van der Waals surface area contributed by atoms with Gasteiger partial charge in [0.15, 0.2) is 0 Å². The largest absolute Gasteiger partial charge is 0.373 e. The van der Waals surface area contributed by atoms with Crippen LogP contribution in [0.25, 0.3) is 0 Å². The zero-order chi connectivity index (χ0) is 19.5. The summed E-state index contributed by atoms with van der Waals surface area (Å²) in [5.41, 5.74) is 1.37. The van der Waals surface area contributed by atoms with E-state index < -0.39 is 10.0 Å². The molecule has 0 spiro atoms. The van der Waals surface area contributed by atoms with E-state index in [0.29, 0.717) is 31.7 Å². The SMILES string of the molecule is C=C(C)CN(CC)C(=O)c1ccc(S(=O)(=O)N2C[C@@H](C)O[C@@H](C)C2)cc1. The molecule has 7 heteroatoms. The van der Waals surface area contributed by atoms with Crippen molar-refractivity contribution < 1.29 is 17.9 Å². The van der Waals surface area contributed by atoms with Crippen molar-refractivity contribution in [2.75, 3.05) is 26.2 Å². The molecule has 0 radical (unpaired) electrons. The third-order valence-electron chi connectivity index (χ3n) is 4.25. The Hall–Kier alpha value is -1.70. The van der Waals surface area contributed by atoms with Gasteiger partial charge in [-0.25, -0.2) is 8.42 Å². The van der Waals surface area contributed by atoms with Crippen LogP contribution in [0, 0.1) is 0 Å². The number of likely N-dealkylation sites (N-methyl/N-ethyl adjacent to an activating group) is 1. The minimum atomic E-state index is -3.60. The molecular formula is C19H28N2O4S. The normalized spacial score (nSPS) is 21.4. The van der Waals surface area contributed by atoms with E-state index in [2.05, 4.69) is 6.58 Å². The Labute approximate surface area is 156 Å². The second-order valence-corrected chi connectivity index (χ2v) is 8.82. The molecule has 2 rings (SSSR count). The van der Waals surface area contributed by atoms with Gasteiger partial charge >= 0.3 is 0 Å². The standard InChI is InChI=1S/C19H28N2O4S/c1-6-20(11-14(2)3)19(22)17-7-9-18(10-8-17)26(23,24)21-12-15(4)25-16(5)13-21/h7-10,15-16H,2,6,11-13H2,1,3-5H3/t15-,16+. The summed E-state index contributed by atoms with van der Waals surface area (Å²) in [5, 5.41) is 0. The van der Waals surface area contributed by atoms with Gasteiger partial charge < -0.3 is 9.64 Å². The second-order valence-electron chi connectivity index (χ2n) is 6.88. The maximum Gasteiger partial charge on any atom is 0.254 e. The van der Waals surface area contributed by atoms with E-state index in [0.717, 1.165) is 5.57 Å². The molecule has 1 aliphatic heterocycles. The number of morpholine rings is 1. The topological polar surface area (TPSA) is 66.9 Å². The Balaban J connectivity index is 2.20. The molecule has 0 unspecified atom stereocenters. The highest BCUT2D eigenvalue weighted by molar-refractivity contribution is 7.89. The summed E-state index contributed by atoms with van der Waals surface area (Å²) in [5.74, 6) is -0.131. The van der Waals surface area contributed by atoms with Crippen molar-refractivity contribution >= 4 is 15.9 Å². The van der Waals surface area contributed by atoms with Crippen LogP contribution in [-0.2, 0) is 14.8 Å². The van der Waals surface area contributed by atoms with E-state index in [1.807, 2.05) is 27.7 Å². The number of hydrogen-bond acceptors (Lipinski definition) is 4. The molecule has 144 valence electrons. The third kappa shape index (κ3) is 4.72. The van der Waals surface area contributed by atoms with Crippen LogP contribution in [0.4, 0.5) is 0 Å². The Kier molecular flexibility index (Phi) is 6.60. The molecule has 26 heavy (non-hydrogen) atoms. The smallest absolute Gasteiger partial charge is 0.254 e. The number of nitrogens with zero attached hydrogens (tertiary/aromatic N) is 2. The van der Waals surface area contributed by atoms with Crippen molar-refractivity contribution in [1.29, 1.82) is 0 Å². The summed E-state index contributed by atoms with van der Waals surface area (Å²) in [4.78, 5) is 14.4. The molecule has 0 aliphatic carbocycles. The van der Waals surface area contributed by atoms with Crippen LogP contribution in [0.15, 0.2) is 41.3 Å². The zero-order valence-electron chi connectivity index (χ0n) is 15.9. The summed E-state index contributed by atoms with van der Waals surface area (Å²) in [7, 11) is -3.60. The molecule has 0 saturated carbocycles. The highest BCUT2D eigenvalue weighted by atomic mass is 32.2. The first kappa shape index (κ1) is 20.6. The molecule has 1 saturated heterocycles. The molecule has 0 bridgehead atoms. The van der Waals surface area contributed by atoms with Crippen LogP contribution in [-0.4, -0.2) is 61.9 Å². The van der Waals surface area contributed by atoms with Gasteiger partial charge in [-0.3, -0.25) is 4.79 Å². The molecule has 0 N–H and O–H groups in total. The first-order chi connectivity index (χ1) is 12.1. The Morgan fingerprint density at radius 3 is 2.23 bits per heavy atom. The lowest BCUT2D eigenvalue weighted by atomic mass is 10.2. The van der Waals surface area contributed by atoms with E-state index in [9.17, 15) is 13.2 Å². The molecule has 1 amide bonds. The highest BCUT2D eigenvalue weighted by Crippen LogP contribution is 2.22. The van der Waals surface area contributed by atoms with Gasteiger partial charge in [0.25, 0.3) is 5.91 Å². The first-order valence-electron chi connectivity index (χ1n) is 8.84. The maximum absolute atomic E-state index is 12.9. The van der Waals surface area contributed by atoms with Crippen LogP contribution in [0.2, 0.25) is 0 Å². The first-order valence-corrected chi connectivity index (χ1v) is 10.3. The molecule has 1 aromatic carbocycles. The fourth-order valence-electron chi connectivity index (χ4n) is 3.08. The van der Waals surface area contributed by atoms with Gasteiger partial charge in [-0.05, 0) is 52.0 Å². The molecule has 1 fully saturated rings. The molecule has 1 heterocycles. The van der Waals surface area contributed by atoms with E-state index >= 15 is 0 Å². The number of sulfonamides is 1. The number of hydrogen-bond donors (Lipinski definition) is 0. The average Bonchev–Trinajstić information content (AvgIpc) is 2.58. The average molecular weight is 381 g/mol. The number of benzene rings is 1. The molecular weight excluding hydrogens is 352 g/mol. The van der Waals surface area contributed by atoms with E-state index in [-0.39, 0.29) is 23.0 Å². The second kappa shape index (κ2) is 8.33. The minimum Gasteiger partial charge on any atom is -0.373 e. The lowest BCUT2D eigenvalue weighted by Gasteiger charge is -2.34. The Morgan fingerprint density at radius 1 is 1.23 bits per heavy atom. The van der Waals surface area contributed by atoms with Crippen molar-refractivity contribution in [2.24, 2.45) is 0 Å². The van der Waals surface area contributed by atoms with Crippen molar-refractivity contribution in [3.63, 3.8) is 0 Å². The van der Waals surface area contributed by atoms with Crippen molar-refractivity contribution in [2.45, 2.75) is 44.8 Å². The summed E-state index contributed by atoms with van der Waals surface area (Å²) in [6.45, 7) is 13.0. The number of carbonyl (C=O) groups excluding carboxylic acids is 1. The number of rotatable bonds is 6. The molecule has 2 atom stereocenters. The molecule has 1 aliphatic rings. The fraction of sp³-hybridized carbons (Fsp3) is 0.526. The molecule has 1 aromatic rings. The summed E-state index contributed by atoms with van der Waals surface area (Å²) in [6.07, 6.45) is -0.288.